The predicted octanol–water partition coefficient (Wildman–Crippen LogP) is 2.01. The first-order valence-corrected chi connectivity index (χ1v) is 6.65. The molecule has 5 nitrogen and oxygen atoms in total. The second kappa shape index (κ2) is 5.95. The molecule has 0 fully saturated rings. The lowest BCUT2D eigenvalue weighted by molar-refractivity contribution is -0.143. The number of carbonyl (C=O) groups excluding carboxylic acids is 1. The van der Waals surface area contributed by atoms with Crippen molar-refractivity contribution in [3.63, 3.8) is 0 Å². The molecule has 1 atom stereocenters. The monoisotopic (exact) mass is 292 g/mol. The summed E-state index contributed by atoms with van der Waals surface area (Å²) in [5.41, 5.74) is 0.599. The first kappa shape index (κ1) is 15.0. The van der Waals surface area contributed by atoms with Crippen LogP contribution in [0.25, 0.3) is 10.9 Å². The number of rotatable bonds is 5. The maximum atomic E-state index is 13.3. The Hall–Kier alpha value is -2.37. The smallest absolute Gasteiger partial charge is 0.326 e. The molecular weight excluding hydrogens is 275 g/mol. The summed E-state index contributed by atoms with van der Waals surface area (Å²) in [5.74, 6) is -2.08. The van der Waals surface area contributed by atoms with Gasteiger partial charge >= 0.3 is 5.97 Å². The minimum atomic E-state index is -1.07. The number of hydrogen-bond donors (Lipinski definition) is 2. The molecule has 0 aliphatic rings. The van der Waals surface area contributed by atoms with Crippen LogP contribution in [-0.2, 0) is 16.1 Å². The Morgan fingerprint density at radius 3 is 2.67 bits per heavy atom. The van der Waals surface area contributed by atoms with Crippen molar-refractivity contribution < 1.29 is 19.1 Å². The van der Waals surface area contributed by atoms with Crippen LogP contribution in [0.2, 0.25) is 0 Å². The molecule has 0 unspecified atom stereocenters. The number of aliphatic carboxylic acids is 1. The van der Waals surface area contributed by atoms with Gasteiger partial charge < -0.3 is 15.0 Å². The van der Waals surface area contributed by atoms with E-state index in [2.05, 4.69) is 5.32 Å². The average Bonchev–Trinajstić information content (AvgIpc) is 2.78. The molecule has 0 radical (unpaired) electrons. The molecule has 0 saturated carbocycles. The molecule has 21 heavy (non-hydrogen) atoms. The van der Waals surface area contributed by atoms with Gasteiger partial charge in [0.25, 0.3) is 0 Å². The van der Waals surface area contributed by atoms with Crippen molar-refractivity contribution in [2.75, 3.05) is 0 Å². The van der Waals surface area contributed by atoms with E-state index < -0.39 is 17.9 Å². The average molecular weight is 292 g/mol. The molecule has 6 heteroatoms. The summed E-state index contributed by atoms with van der Waals surface area (Å²) in [6, 6.07) is 5.18. The molecule has 0 aliphatic carbocycles. The fourth-order valence-corrected chi connectivity index (χ4v) is 2.18. The summed E-state index contributed by atoms with van der Waals surface area (Å²) in [5, 5.41) is 12.4. The van der Waals surface area contributed by atoms with E-state index in [0.717, 1.165) is 5.39 Å². The third kappa shape index (κ3) is 3.39. The van der Waals surface area contributed by atoms with Gasteiger partial charge in [-0.1, -0.05) is 13.8 Å². The van der Waals surface area contributed by atoms with Gasteiger partial charge in [-0.3, -0.25) is 4.79 Å². The van der Waals surface area contributed by atoms with Crippen LogP contribution in [0, 0.1) is 11.7 Å². The maximum Gasteiger partial charge on any atom is 0.326 e. The Kier molecular flexibility index (Phi) is 4.26. The Labute approximate surface area is 121 Å². The molecule has 0 bridgehead atoms. The lowest BCUT2D eigenvalue weighted by atomic mass is 10.1. The third-order valence-corrected chi connectivity index (χ3v) is 3.30. The Morgan fingerprint density at radius 2 is 2.05 bits per heavy atom. The third-order valence-electron chi connectivity index (χ3n) is 3.30. The molecule has 2 rings (SSSR count). The van der Waals surface area contributed by atoms with E-state index in [4.69, 9.17) is 5.11 Å². The summed E-state index contributed by atoms with van der Waals surface area (Å²) < 4.78 is 14.9. The van der Waals surface area contributed by atoms with Crippen molar-refractivity contribution in [2.24, 2.45) is 5.92 Å². The summed E-state index contributed by atoms with van der Waals surface area (Å²) in [6.45, 7) is 3.39. The fraction of sp³-hybridized carbons (Fsp3) is 0.333. The van der Waals surface area contributed by atoms with Crippen LogP contribution in [0.1, 0.15) is 13.8 Å². The van der Waals surface area contributed by atoms with Crippen molar-refractivity contribution in [1.82, 2.24) is 9.88 Å². The quantitative estimate of drug-likeness (QED) is 0.885. The number of fused-ring (bicyclic) bond motifs is 1. The zero-order valence-corrected chi connectivity index (χ0v) is 11.8. The number of carbonyl (C=O) groups is 2. The molecule has 1 amide bonds. The Morgan fingerprint density at radius 1 is 1.33 bits per heavy atom. The van der Waals surface area contributed by atoms with Crippen LogP contribution in [-0.4, -0.2) is 27.6 Å². The molecule has 1 aromatic heterocycles. The van der Waals surface area contributed by atoms with E-state index in [1.807, 2.05) is 0 Å². The van der Waals surface area contributed by atoms with E-state index in [-0.39, 0.29) is 18.3 Å². The van der Waals surface area contributed by atoms with E-state index in [1.54, 1.807) is 36.7 Å². The van der Waals surface area contributed by atoms with Gasteiger partial charge in [-0.2, -0.15) is 0 Å². The first-order valence-electron chi connectivity index (χ1n) is 6.65. The topological polar surface area (TPSA) is 71.3 Å². The maximum absolute atomic E-state index is 13.3. The van der Waals surface area contributed by atoms with Gasteiger partial charge in [0.2, 0.25) is 5.91 Å². The molecule has 112 valence electrons. The van der Waals surface area contributed by atoms with Gasteiger partial charge in [-0.15, -0.1) is 0 Å². The SMILES string of the molecule is CC(C)[C@H](NC(=O)Cn1ccc2ccc(F)cc21)C(=O)O. The van der Waals surface area contributed by atoms with Gasteiger partial charge in [0.05, 0.1) is 5.52 Å². The van der Waals surface area contributed by atoms with Crippen molar-refractivity contribution in [2.45, 2.75) is 26.4 Å². The van der Waals surface area contributed by atoms with Crippen LogP contribution in [0.3, 0.4) is 0 Å². The van der Waals surface area contributed by atoms with Crippen molar-refractivity contribution in [3.05, 3.63) is 36.3 Å². The number of halogens is 1. The number of nitrogens with one attached hydrogen (secondary N) is 1. The molecule has 0 aliphatic heterocycles. The lowest BCUT2D eigenvalue weighted by Crippen LogP contribution is -2.45. The molecule has 2 N–H and O–H groups in total. The number of nitrogens with zero attached hydrogens (tertiary/aromatic N) is 1. The van der Waals surface area contributed by atoms with E-state index in [0.29, 0.717) is 5.52 Å². The molecule has 1 heterocycles. The second-order valence-electron chi connectivity index (χ2n) is 5.27. The van der Waals surface area contributed by atoms with Crippen LogP contribution < -0.4 is 5.32 Å². The predicted molar refractivity (Wildman–Crippen MR) is 76.3 cm³/mol. The molecular formula is C15H17FN2O3. The van der Waals surface area contributed by atoms with Gasteiger partial charge in [-0.25, -0.2) is 9.18 Å². The van der Waals surface area contributed by atoms with Gasteiger partial charge in [0, 0.05) is 6.20 Å². The number of amides is 1. The Bertz CT molecular complexity index is 679. The van der Waals surface area contributed by atoms with Crippen LogP contribution in [0.4, 0.5) is 4.39 Å². The van der Waals surface area contributed by atoms with Crippen LogP contribution in [0.15, 0.2) is 30.5 Å². The molecule has 2 aromatic rings. The van der Waals surface area contributed by atoms with Crippen LogP contribution >= 0.6 is 0 Å². The number of aromatic nitrogens is 1. The van der Waals surface area contributed by atoms with Gasteiger partial charge in [0.15, 0.2) is 0 Å². The van der Waals surface area contributed by atoms with E-state index >= 15 is 0 Å². The minimum absolute atomic E-state index is 0.0521. The zero-order valence-electron chi connectivity index (χ0n) is 11.8. The highest BCUT2D eigenvalue weighted by molar-refractivity contribution is 5.86. The van der Waals surface area contributed by atoms with E-state index in [1.165, 1.54) is 12.1 Å². The largest absolute Gasteiger partial charge is 0.480 e. The summed E-state index contributed by atoms with van der Waals surface area (Å²) in [6.07, 6.45) is 1.68. The summed E-state index contributed by atoms with van der Waals surface area (Å²) >= 11 is 0. The highest BCUT2D eigenvalue weighted by Crippen LogP contribution is 2.17. The van der Waals surface area contributed by atoms with Gasteiger partial charge in [-0.05, 0) is 35.6 Å². The lowest BCUT2D eigenvalue weighted by Gasteiger charge is -2.18. The van der Waals surface area contributed by atoms with Crippen molar-refractivity contribution in [3.8, 4) is 0 Å². The highest BCUT2D eigenvalue weighted by atomic mass is 19.1. The fourth-order valence-electron chi connectivity index (χ4n) is 2.18. The molecule has 0 saturated heterocycles. The second-order valence-corrected chi connectivity index (χ2v) is 5.27. The summed E-state index contributed by atoms with van der Waals surface area (Å²) in [7, 11) is 0. The van der Waals surface area contributed by atoms with Crippen LogP contribution in [0.5, 0.6) is 0 Å². The first-order chi connectivity index (χ1) is 9.88. The number of hydrogen-bond acceptors (Lipinski definition) is 2. The summed E-state index contributed by atoms with van der Waals surface area (Å²) in [4.78, 5) is 23.0. The minimum Gasteiger partial charge on any atom is -0.480 e. The highest BCUT2D eigenvalue weighted by Gasteiger charge is 2.23. The Balaban J connectivity index is 2.14. The molecule has 1 aromatic carbocycles. The van der Waals surface area contributed by atoms with E-state index in [9.17, 15) is 14.0 Å². The van der Waals surface area contributed by atoms with Gasteiger partial charge in [0.1, 0.15) is 18.4 Å². The zero-order chi connectivity index (χ0) is 15.6. The number of carboxylic acids is 1. The normalized spacial score (nSPS) is 12.6. The molecule has 0 spiro atoms. The standard InChI is InChI=1S/C15H17FN2O3/c1-9(2)14(15(20)21)17-13(19)8-18-6-5-10-3-4-11(16)7-12(10)18/h3-7,9,14H,8H2,1-2H3,(H,17,19)(H,20,21)/t14-/m0/s1. The van der Waals surface area contributed by atoms with Crippen molar-refractivity contribution >= 4 is 22.8 Å². The number of benzene rings is 1. The van der Waals surface area contributed by atoms with Crippen molar-refractivity contribution in [1.29, 1.82) is 0 Å². The number of carboxylic acid groups (broad SMARTS) is 1.